The summed E-state index contributed by atoms with van der Waals surface area (Å²) >= 11 is 3.55. The quantitative estimate of drug-likeness (QED) is 0.927. The van der Waals surface area contributed by atoms with Gasteiger partial charge < -0.3 is 5.73 Å². The summed E-state index contributed by atoms with van der Waals surface area (Å²) in [6.07, 6.45) is 2.30. The minimum absolute atomic E-state index is 0.504. The van der Waals surface area contributed by atoms with E-state index in [1.54, 1.807) is 0 Å². The van der Waals surface area contributed by atoms with Gasteiger partial charge in [-0.3, -0.25) is 4.68 Å². The van der Waals surface area contributed by atoms with E-state index in [0.717, 1.165) is 23.1 Å². The van der Waals surface area contributed by atoms with E-state index in [1.165, 1.54) is 28.8 Å². The van der Waals surface area contributed by atoms with Crippen LogP contribution in [-0.4, -0.2) is 9.78 Å². The molecule has 0 radical (unpaired) electrons. The number of aromatic nitrogens is 2. The van der Waals surface area contributed by atoms with Gasteiger partial charge in [-0.15, -0.1) is 0 Å². The van der Waals surface area contributed by atoms with Gasteiger partial charge >= 0.3 is 0 Å². The summed E-state index contributed by atoms with van der Waals surface area (Å²) in [5.74, 6) is 0. The third-order valence-corrected chi connectivity index (χ3v) is 4.44. The lowest BCUT2D eigenvalue weighted by atomic mass is 10.00. The maximum Gasteiger partial charge on any atom is 0.0841 e. The normalized spacial score (nSPS) is 13.9. The van der Waals surface area contributed by atoms with Gasteiger partial charge in [0, 0.05) is 28.8 Å². The summed E-state index contributed by atoms with van der Waals surface area (Å²) in [6.45, 7) is 3.64. The standard InChI is InChI=1S/C14H16BrN3/c1-9-7-10(4-5-11(9)15)14-12(8-16)17-18-6-2-3-13(14)18/h4-5,7H,2-3,6,8,16H2,1H3. The molecule has 18 heavy (non-hydrogen) atoms. The van der Waals surface area contributed by atoms with E-state index in [9.17, 15) is 0 Å². The van der Waals surface area contributed by atoms with Gasteiger partial charge in [0.1, 0.15) is 0 Å². The van der Waals surface area contributed by atoms with Crippen LogP contribution in [0.25, 0.3) is 11.1 Å². The van der Waals surface area contributed by atoms with Gasteiger partial charge in [-0.1, -0.05) is 28.1 Å². The molecular weight excluding hydrogens is 290 g/mol. The highest BCUT2D eigenvalue weighted by atomic mass is 79.9. The molecule has 0 atom stereocenters. The summed E-state index contributed by atoms with van der Waals surface area (Å²) in [5.41, 5.74) is 11.9. The molecule has 2 heterocycles. The zero-order valence-corrected chi connectivity index (χ0v) is 12.0. The fraction of sp³-hybridized carbons (Fsp3) is 0.357. The number of nitrogens with two attached hydrogens (primary N) is 1. The lowest BCUT2D eigenvalue weighted by Crippen LogP contribution is -2.01. The van der Waals surface area contributed by atoms with Gasteiger partial charge in [0.2, 0.25) is 0 Å². The zero-order chi connectivity index (χ0) is 12.7. The van der Waals surface area contributed by atoms with Crippen molar-refractivity contribution >= 4 is 15.9 Å². The molecule has 0 aliphatic carbocycles. The number of aryl methyl sites for hydroxylation is 2. The molecule has 0 fully saturated rings. The largest absolute Gasteiger partial charge is 0.325 e. The summed E-state index contributed by atoms with van der Waals surface area (Å²) < 4.78 is 3.26. The van der Waals surface area contributed by atoms with Crippen molar-refractivity contribution in [2.45, 2.75) is 32.9 Å². The highest BCUT2D eigenvalue weighted by Crippen LogP contribution is 2.33. The monoisotopic (exact) mass is 305 g/mol. The van der Waals surface area contributed by atoms with E-state index in [1.807, 2.05) is 0 Å². The number of benzene rings is 1. The third kappa shape index (κ3) is 1.80. The summed E-state index contributed by atoms with van der Waals surface area (Å²) in [4.78, 5) is 0. The summed E-state index contributed by atoms with van der Waals surface area (Å²) in [5, 5.41) is 4.62. The molecule has 1 aromatic carbocycles. The average Bonchev–Trinajstić information content (AvgIpc) is 2.92. The average molecular weight is 306 g/mol. The lowest BCUT2D eigenvalue weighted by Gasteiger charge is -2.06. The minimum Gasteiger partial charge on any atom is -0.325 e. The Morgan fingerprint density at radius 1 is 1.44 bits per heavy atom. The van der Waals surface area contributed by atoms with Crippen molar-refractivity contribution in [3.05, 3.63) is 39.6 Å². The van der Waals surface area contributed by atoms with Gasteiger partial charge in [0.15, 0.2) is 0 Å². The first-order chi connectivity index (χ1) is 8.70. The first-order valence-corrected chi connectivity index (χ1v) is 7.05. The first kappa shape index (κ1) is 11.9. The molecule has 3 nitrogen and oxygen atoms in total. The van der Waals surface area contributed by atoms with Crippen LogP contribution in [0, 0.1) is 6.92 Å². The maximum atomic E-state index is 5.83. The van der Waals surface area contributed by atoms with E-state index in [-0.39, 0.29) is 0 Å². The number of fused-ring (bicyclic) bond motifs is 1. The van der Waals surface area contributed by atoms with Crippen LogP contribution in [0.15, 0.2) is 22.7 Å². The topological polar surface area (TPSA) is 43.8 Å². The second-order valence-electron chi connectivity index (χ2n) is 4.76. The molecule has 1 aliphatic rings. The number of nitrogens with zero attached hydrogens (tertiary/aromatic N) is 2. The van der Waals surface area contributed by atoms with Crippen molar-refractivity contribution in [3.63, 3.8) is 0 Å². The fourth-order valence-electron chi connectivity index (χ4n) is 2.66. The van der Waals surface area contributed by atoms with Crippen LogP contribution >= 0.6 is 15.9 Å². The van der Waals surface area contributed by atoms with Crippen LogP contribution in [-0.2, 0) is 19.5 Å². The van der Waals surface area contributed by atoms with Gasteiger partial charge in [0.05, 0.1) is 5.69 Å². The van der Waals surface area contributed by atoms with Crippen molar-refractivity contribution in [3.8, 4) is 11.1 Å². The van der Waals surface area contributed by atoms with E-state index < -0.39 is 0 Å². The molecule has 4 heteroatoms. The van der Waals surface area contributed by atoms with Crippen LogP contribution in [0.3, 0.4) is 0 Å². The molecule has 2 aromatic rings. The number of rotatable bonds is 2. The fourth-order valence-corrected chi connectivity index (χ4v) is 2.91. The van der Waals surface area contributed by atoms with E-state index in [0.29, 0.717) is 6.54 Å². The van der Waals surface area contributed by atoms with Crippen LogP contribution in [0.1, 0.15) is 23.4 Å². The minimum atomic E-state index is 0.504. The van der Waals surface area contributed by atoms with Crippen LogP contribution in [0.5, 0.6) is 0 Å². The smallest absolute Gasteiger partial charge is 0.0841 e. The molecule has 0 saturated carbocycles. The van der Waals surface area contributed by atoms with Crippen molar-refractivity contribution < 1.29 is 0 Å². The molecule has 0 amide bonds. The summed E-state index contributed by atoms with van der Waals surface area (Å²) in [7, 11) is 0. The Morgan fingerprint density at radius 2 is 2.28 bits per heavy atom. The Hall–Kier alpha value is -1.13. The molecule has 1 aromatic heterocycles. The van der Waals surface area contributed by atoms with E-state index in [2.05, 4.69) is 50.8 Å². The highest BCUT2D eigenvalue weighted by molar-refractivity contribution is 9.10. The van der Waals surface area contributed by atoms with Gasteiger partial charge in [-0.2, -0.15) is 5.10 Å². The number of hydrogen-bond acceptors (Lipinski definition) is 2. The Balaban J connectivity index is 2.18. The van der Waals surface area contributed by atoms with Crippen molar-refractivity contribution in [2.75, 3.05) is 0 Å². The molecule has 1 aliphatic heterocycles. The van der Waals surface area contributed by atoms with Crippen molar-refractivity contribution in [1.82, 2.24) is 9.78 Å². The lowest BCUT2D eigenvalue weighted by molar-refractivity contribution is 0.644. The predicted octanol–water partition coefficient (Wildman–Crippen LogP) is 3.03. The Bertz CT molecular complexity index is 601. The molecule has 0 spiro atoms. The first-order valence-electron chi connectivity index (χ1n) is 6.26. The molecule has 0 unspecified atom stereocenters. The Kier molecular flexibility index (Phi) is 2.99. The molecule has 2 N–H and O–H groups in total. The highest BCUT2D eigenvalue weighted by Gasteiger charge is 2.22. The maximum absolute atomic E-state index is 5.83. The number of halogens is 1. The second kappa shape index (κ2) is 4.52. The Morgan fingerprint density at radius 3 is 3.00 bits per heavy atom. The third-order valence-electron chi connectivity index (χ3n) is 3.55. The van der Waals surface area contributed by atoms with Crippen molar-refractivity contribution in [1.29, 1.82) is 0 Å². The molecule has 3 rings (SSSR count). The molecular formula is C14H16BrN3. The van der Waals surface area contributed by atoms with Gasteiger partial charge in [0.25, 0.3) is 0 Å². The second-order valence-corrected chi connectivity index (χ2v) is 5.62. The molecule has 94 valence electrons. The van der Waals surface area contributed by atoms with Gasteiger partial charge in [-0.25, -0.2) is 0 Å². The predicted molar refractivity (Wildman–Crippen MR) is 76.3 cm³/mol. The SMILES string of the molecule is Cc1cc(-c2c(CN)nn3c2CCC3)ccc1Br. The molecule has 0 saturated heterocycles. The molecule has 0 bridgehead atoms. The van der Waals surface area contributed by atoms with Crippen LogP contribution in [0.2, 0.25) is 0 Å². The Labute approximate surface area is 115 Å². The summed E-state index contributed by atoms with van der Waals surface area (Å²) in [6, 6.07) is 6.45. The van der Waals surface area contributed by atoms with Crippen LogP contribution < -0.4 is 5.73 Å². The van der Waals surface area contributed by atoms with E-state index in [4.69, 9.17) is 5.73 Å². The van der Waals surface area contributed by atoms with Crippen molar-refractivity contribution in [2.24, 2.45) is 5.73 Å². The number of hydrogen-bond donors (Lipinski definition) is 1. The van der Waals surface area contributed by atoms with Crippen LogP contribution in [0.4, 0.5) is 0 Å². The van der Waals surface area contributed by atoms with E-state index >= 15 is 0 Å². The van der Waals surface area contributed by atoms with Gasteiger partial charge in [-0.05, 0) is 37.0 Å². The zero-order valence-electron chi connectivity index (χ0n) is 10.4.